The molecule has 800 valence electrons. The van der Waals surface area contributed by atoms with Crippen LogP contribution in [-0.4, -0.2) is 0 Å². The summed E-state index contributed by atoms with van der Waals surface area (Å²) in [6, 6.07) is 127. The number of benzene rings is 12. The van der Waals surface area contributed by atoms with E-state index in [-0.39, 0.29) is 19.3 Å². The molecule has 12 unspecified atom stereocenters. The maximum atomic E-state index is 3.36. The molecule has 0 aliphatic carbocycles. The van der Waals surface area contributed by atoms with Crippen molar-refractivity contribution in [2.75, 3.05) is 0 Å². The van der Waals surface area contributed by atoms with Crippen LogP contribution < -0.4 is 0 Å². The third-order valence-corrected chi connectivity index (χ3v) is 22.4. The van der Waals surface area contributed by atoms with E-state index in [2.05, 4.69) is 519 Å². The molecule has 12 aromatic rings. The van der Waals surface area contributed by atoms with Gasteiger partial charge in [0.05, 0.1) is 6.42 Å². The number of allylic oxidation sites excluding steroid dienone is 8. The molecule has 0 saturated heterocycles. The molecule has 0 spiro atoms. The van der Waals surface area contributed by atoms with Gasteiger partial charge in [0.25, 0.3) is 0 Å². The van der Waals surface area contributed by atoms with Gasteiger partial charge in [-0.25, -0.2) is 0 Å². The van der Waals surface area contributed by atoms with Crippen molar-refractivity contribution in [2.24, 2.45) is 0 Å². The van der Waals surface area contributed by atoms with Crippen molar-refractivity contribution < 1.29 is 0 Å². The first-order valence-corrected chi connectivity index (χ1v) is 56.8. The van der Waals surface area contributed by atoms with Gasteiger partial charge in [0.15, 0.2) is 0 Å². The molecule has 0 aromatic heterocycles. The predicted octanol–water partition coefficient (Wildman–Crippen LogP) is 46.7. The smallest absolute Gasteiger partial charge is 0.0703 e. The van der Waals surface area contributed by atoms with Gasteiger partial charge in [-0.05, 0) is 180 Å². The molecular formula is C147H212. The maximum Gasteiger partial charge on any atom is 0.0703 e. The van der Waals surface area contributed by atoms with Crippen LogP contribution >= 0.6 is 0 Å². The molecule has 0 aliphatic heterocycles. The molecule has 0 nitrogen and oxygen atoms in total. The van der Waals surface area contributed by atoms with Crippen LogP contribution in [0.5, 0.6) is 0 Å². The van der Waals surface area contributed by atoms with E-state index in [0.717, 1.165) is 32.1 Å². The average Bonchev–Trinajstić information content (AvgIpc) is 0.879. The largest absolute Gasteiger partial charge is 0.103 e. The second kappa shape index (κ2) is 111. The molecule has 0 fully saturated rings. The molecule has 0 bridgehead atoms. The third-order valence-electron chi connectivity index (χ3n) is 22.4. The van der Waals surface area contributed by atoms with Gasteiger partial charge in [-0.2, -0.15) is 0 Å². The van der Waals surface area contributed by atoms with E-state index in [9.17, 15) is 0 Å². The number of hydrogen-bond donors (Lipinski definition) is 0. The summed E-state index contributed by atoms with van der Waals surface area (Å²) in [5, 5.41) is 0. The van der Waals surface area contributed by atoms with Gasteiger partial charge in [0.1, 0.15) is 0 Å². The number of hydrogen-bond acceptors (Lipinski definition) is 0. The first-order chi connectivity index (χ1) is 71.6. The Balaban J connectivity index is -0.000000306. The summed E-state index contributed by atoms with van der Waals surface area (Å²) in [6.07, 6.45) is 28.9. The second-order valence-corrected chi connectivity index (χ2v) is 32.2. The lowest BCUT2D eigenvalue weighted by Crippen LogP contribution is -1.97. The van der Waals surface area contributed by atoms with Crippen molar-refractivity contribution in [2.45, 2.75) is 392 Å². The van der Waals surface area contributed by atoms with Crippen LogP contribution in [-0.2, 0) is 0 Å². The molecule has 0 amide bonds. The molecular weight excluding hydrogens is 1770 g/mol. The predicted molar refractivity (Wildman–Crippen MR) is 675 cm³/mol. The van der Waals surface area contributed by atoms with E-state index in [0.29, 0.717) is 65.6 Å². The zero-order valence-electron chi connectivity index (χ0n) is 99.3. The van der Waals surface area contributed by atoms with Gasteiger partial charge in [-0.15, -0.1) is 5.92 Å². The Morgan fingerprint density at radius 3 is 0.592 bits per heavy atom. The van der Waals surface area contributed by atoms with Gasteiger partial charge in [0, 0.05) is 36.5 Å². The Morgan fingerprint density at radius 1 is 0.184 bits per heavy atom. The Labute approximate surface area is 912 Å². The molecule has 12 rings (SSSR count). The van der Waals surface area contributed by atoms with Crippen LogP contribution in [0.4, 0.5) is 0 Å². The normalized spacial score (nSPS) is 11.8. The van der Waals surface area contributed by atoms with Crippen molar-refractivity contribution in [3.63, 3.8) is 0 Å². The summed E-state index contributed by atoms with van der Waals surface area (Å²) in [5.74, 6) is 31.7. The van der Waals surface area contributed by atoms with Crippen LogP contribution in [0.15, 0.2) is 413 Å². The van der Waals surface area contributed by atoms with Crippen molar-refractivity contribution in [3.8, 4) is 47.4 Å². The van der Waals surface area contributed by atoms with Crippen molar-refractivity contribution in [1.82, 2.24) is 0 Å². The monoisotopic (exact) mass is 1980 g/mol. The van der Waals surface area contributed by atoms with E-state index in [1.165, 1.54) is 92.4 Å². The molecule has 147 heavy (non-hydrogen) atoms. The lowest BCUT2D eigenvalue weighted by atomic mass is 9.91. The molecule has 0 radical (unpaired) electrons. The Morgan fingerprint density at radius 2 is 0.361 bits per heavy atom. The standard InChI is InChI=1S/C21H24.C21H22.C21H20.C20H24.C20H22.C19H24.12C2H6.CH4/c3*1-18(20-14-8-4-9-15-20)12-6-3-7-13-19(2)21-16-10-5-11-17-21;2*1-17(19-13-5-3-6-14-19)11-9-10-12-18(2)20-15-7-4-8-16-20;1-16(18-12-5-3-6-13-18)10-9-11-17(2)19-14-7-4-8-15-19;12*1-2;/h4-19H,3H2,1-2H3;4-6,8-12,14-19H,3H2,1-2H3;4-5,8-11,14-19H,3H2,1-2H3;3-9,11,13-18H,10,12H2,1-2H3;3-8,13-18H,9,11H2,1-2H3;3-8,12-17H,9-11H2,1-2H3;12*1-2H3;1H4/b12-6+,13-7+;12-6+;;11-9+;;;;;;;;;;;;;;;. The second-order valence-electron chi connectivity index (χ2n) is 32.2. The summed E-state index contributed by atoms with van der Waals surface area (Å²) in [6.45, 7) is 74.8. The highest BCUT2D eigenvalue weighted by molar-refractivity contribution is 5.35. The van der Waals surface area contributed by atoms with Crippen molar-refractivity contribution in [1.29, 1.82) is 0 Å². The molecule has 12 atom stereocenters. The Bertz CT molecular complexity index is 4890. The van der Waals surface area contributed by atoms with Crippen LogP contribution in [0.25, 0.3) is 0 Å². The van der Waals surface area contributed by atoms with Crippen LogP contribution in [0.1, 0.15) is 459 Å². The van der Waals surface area contributed by atoms with E-state index in [1.54, 1.807) is 0 Å². The number of rotatable bonds is 28. The van der Waals surface area contributed by atoms with Gasteiger partial charge < -0.3 is 0 Å². The van der Waals surface area contributed by atoms with Crippen LogP contribution in [0.3, 0.4) is 0 Å². The summed E-state index contributed by atoms with van der Waals surface area (Å²) in [4.78, 5) is 0. The van der Waals surface area contributed by atoms with Crippen LogP contribution in [0.2, 0.25) is 0 Å². The average molecular weight is 1980 g/mol. The molecule has 0 heterocycles. The molecule has 0 N–H and O–H groups in total. The van der Waals surface area contributed by atoms with Crippen molar-refractivity contribution >= 4 is 0 Å². The quantitative estimate of drug-likeness (QED) is 0.0339. The first kappa shape index (κ1) is 148. The molecule has 0 saturated carbocycles. The zero-order valence-corrected chi connectivity index (χ0v) is 99.3. The van der Waals surface area contributed by atoms with Crippen molar-refractivity contribution in [3.05, 3.63) is 479 Å². The van der Waals surface area contributed by atoms with Gasteiger partial charge in [-0.1, -0.05) is 689 Å². The minimum atomic E-state index is 0. The summed E-state index contributed by atoms with van der Waals surface area (Å²) < 4.78 is 0. The summed E-state index contributed by atoms with van der Waals surface area (Å²) in [7, 11) is 0. The maximum absolute atomic E-state index is 3.36. The lowest BCUT2D eigenvalue weighted by molar-refractivity contribution is 0.561. The molecule has 0 aliphatic rings. The molecule has 12 aromatic carbocycles. The fourth-order valence-corrected chi connectivity index (χ4v) is 14.1. The highest BCUT2D eigenvalue weighted by Gasteiger charge is 2.11. The van der Waals surface area contributed by atoms with Gasteiger partial charge >= 0.3 is 0 Å². The SMILES string of the molecule is C.CC.CC.CC.CC.CC.CC.CC.CC.CC.CC.CC.CC.CC(/C=C/C/C=C/C(C)c1ccccc1)c1ccccc1.CC(/C=C/CCC(C)c1ccccc1)c1ccccc1.CC(C#CC/C=C/C(C)c1ccccc1)c1ccccc1.CC(C#CCC#CC(C)c1ccccc1)c1ccccc1.CC(C#CCCC(C)c1ccccc1)c1ccccc1.CC(CCCC(C)c1ccccc1)c1ccccc1. The Kier molecular flexibility index (Phi) is 112. The lowest BCUT2D eigenvalue weighted by Gasteiger charge is -2.15. The first-order valence-electron chi connectivity index (χ1n) is 56.8. The van der Waals surface area contributed by atoms with E-state index >= 15 is 0 Å². The third kappa shape index (κ3) is 75.2. The highest BCUT2D eigenvalue weighted by atomic mass is 14.2. The Hall–Kier alpha value is -12.2. The fraction of sp³-hybridized carbons (Fsp3) is 0.401. The fourth-order valence-electron chi connectivity index (χ4n) is 14.1. The van der Waals surface area contributed by atoms with Crippen LogP contribution in [0, 0.1) is 47.4 Å². The minimum Gasteiger partial charge on any atom is -0.103 e. The topological polar surface area (TPSA) is 0 Å². The van der Waals surface area contributed by atoms with E-state index in [4.69, 9.17) is 0 Å². The van der Waals surface area contributed by atoms with Gasteiger partial charge in [0.2, 0.25) is 0 Å². The summed E-state index contributed by atoms with van der Waals surface area (Å²) >= 11 is 0. The van der Waals surface area contributed by atoms with E-state index in [1.807, 2.05) is 190 Å². The van der Waals surface area contributed by atoms with Gasteiger partial charge in [-0.3, -0.25) is 0 Å². The van der Waals surface area contributed by atoms with E-state index < -0.39 is 0 Å². The molecule has 0 heteroatoms. The minimum absolute atomic E-state index is 0. The highest BCUT2D eigenvalue weighted by Crippen LogP contribution is 2.29. The zero-order chi connectivity index (χ0) is 111. The summed E-state index contributed by atoms with van der Waals surface area (Å²) in [5.41, 5.74) is 16.4.